The Hall–Kier alpha value is -0.930. The van der Waals surface area contributed by atoms with E-state index < -0.39 is 0 Å². The number of hydrogen-bond donors (Lipinski definition) is 1. The minimum Gasteiger partial charge on any atom is -0.320 e. The number of benzene rings is 1. The highest BCUT2D eigenvalue weighted by molar-refractivity contribution is 5.23. The minimum atomic E-state index is -0.102. The second-order valence-electron chi connectivity index (χ2n) is 5.70. The van der Waals surface area contributed by atoms with Gasteiger partial charge in [0.25, 0.3) is 0 Å². The molecule has 106 valence electrons. The molecule has 0 amide bonds. The molecule has 0 unspecified atom stereocenters. The van der Waals surface area contributed by atoms with Crippen molar-refractivity contribution in [2.24, 2.45) is 5.92 Å². The maximum absolute atomic E-state index is 13.2. The predicted octanol–water partition coefficient (Wildman–Crippen LogP) is 2.96. The van der Waals surface area contributed by atoms with Crippen molar-refractivity contribution in [3.05, 3.63) is 35.1 Å². The summed E-state index contributed by atoms with van der Waals surface area (Å²) in [6.45, 7) is 6.26. The Morgan fingerprint density at radius 1 is 1.32 bits per heavy atom. The number of nitrogens with zero attached hydrogens (tertiary/aromatic N) is 1. The normalized spacial score (nSPS) is 17.8. The van der Waals surface area contributed by atoms with E-state index in [4.69, 9.17) is 0 Å². The average molecular weight is 264 g/mol. The Morgan fingerprint density at radius 2 is 2.05 bits per heavy atom. The van der Waals surface area contributed by atoms with E-state index in [-0.39, 0.29) is 5.82 Å². The van der Waals surface area contributed by atoms with Gasteiger partial charge in [0, 0.05) is 6.54 Å². The van der Waals surface area contributed by atoms with Crippen LogP contribution in [-0.2, 0) is 6.54 Å². The van der Waals surface area contributed by atoms with Crippen molar-refractivity contribution >= 4 is 0 Å². The molecule has 0 bridgehead atoms. The molecule has 0 aliphatic carbocycles. The molecule has 1 aliphatic rings. The fraction of sp³-hybridized carbons (Fsp3) is 0.625. The second-order valence-corrected chi connectivity index (χ2v) is 5.70. The van der Waals surface area contributed by atoms with Crippen LogP contribution in [0.25, 0.3) is 0 Å². The van der Waals surface area contributed by atoms with Gasteiger partial charge in [0.05, 0.1) is 0 Å². The topological polar surface area (TPSA) is 15.3 Å². The van der Waals surface area contributed by atoms with Gasteiger partial charge in [0.1, 0.15) is 5.82 Å². The van der Waals surface area contributed by atoms with Crippen molar-refractivity contribution in [2.45, 2.75) is 32.7 Å². The molecule has 3 heteroatoms. The minimum absolute atomic E-state index is 0.102. The van der Waals surface area contributed by atoms with Crippen LogP contribution in [0.1, 0.15) is 30.4 Å². The summed E-state index contributed by atoms with van der Waals surface area (Å²) < 4.78 is 13.2. The zero-order valence-electron chi connectivity index (χ0n) is 12.1. The van der Waals surface area contributed by atoms with Crippen LogP contribution >= 0.6 is 0 Å². The predicted molar refractivity (Wildman–Crippen MR) is 77.7 cm³/mol. The van der Waals surface area contributed by atoms with Crippen LogP contribution in [0.3, 0.4) is 0 Å². The van der Waals surface area contributed by atoms with Gasteiger partial charge in [-0.2, -0.15) is 0 Å². The molecule has 0 aromatic heterocycles. The zero-order valence-corrected chi connectivity index (χ0v) is 12.1. The van der Waals surface area contributed by atoms with E-state index in [1.807, 2.05) is 26.1 Å². The van der Waals surface area contributed by atoms with E-state index >= 15 is 0 Å². The summed E-state index contributed by atoms with van der Waals surface area (Å²) in [5.41, 5.74) is 1.98. The van der Waals surface area contributed by atoms with Gasteiger partial charge in [-0.25, -0.2) is 4.39 Å². The quantitative estimate of drug-likeness (QED) is 0.879. The largest absolute Gasteiger partial charge is 0.320 e. The first kappa shape index (κ1) is 14.5. The molecule has 19 heavy (non-hydrogen) atoms. The third-order valence-electron chi connectivity index (χ3n) is 4.14. The first-order chi connectivity index (χ1) is 9.19. The standard InChI is InChI=1S/C16H25FN2/c1-13-11-15(3-4-16(13)17)12-19-9-6-14(7-10-19)5-8-18-2/h3-4,11,14,18H,5-10,12H2,1-2H3. The number of piperidine rings is 1. The number of rotatable bonds is 5. The second kappa shape index (κ2) is 7.01. The van der Waals surface area contributed by atoms with Gasteiger partial charge in [-0.15, -0.1) is 0 Å². The first-order valence-corrected chi connectivity index (χ1v) is 7.31. The molecule has 0 saturated carbocycles. The van der Waals surface area contributed by atoms with E-state index in [1.54, 1.807) is 6.07 Å². The van der Waals surface area contributed by atoms with Crippen molar-refractivity contribution in [3.8, 4) is 0 Å². The van der Waals surface area contributed by atoms with Crippen molar-refractivity contribution < 1.29 is 4.39 Å². The smallest absolute Gasteiger partial charge is 0.126 e. The SMILES string of the molecule is CNCCC1CCN(Cc2ccc(F)c(C)c2)CC1. The summed E-state index contributed by atoms with van der Waals surface area (Å²) in [6.07, 6.45) is 3.88. The molecule has 1 N–H and O–H groups in total. The fourth-order valence-corrected chi connectivity index (χ4v) is 2.85. The highest BCUT2D eigenvalue weighted by Crippen LogP contribution is 2.21. The maximum Gasteiger partial charge on any atom is 0.126 e. The lowest BCUT2D eigenvalue weighted by molar-refractivity contribution is 0.172. The van der Waals surface area contributed by atoms with Gasteiger partial charge in [-0.1, -0.05) is 12.1 Å². The van der Waals surface area contributed by atoms with Crippen LogP contribution in [0.15, 0.2) is 18.2 Å². The van der Waals surface area contributed by atoms with Crippen molar-refractivity contribution in [1.82, 2.24) is 10.2 Å². The molecule has 2 nitrogen and oxygen atoms in total. The monoisotopic (exact) mass is 264 g/mol. The zero-order chi connectivity index (χ0) is 13.7. The fourth-order valence-electron chi connectivity index (χ4n) is 2.85. The van der Waals surface area contributed by atoms with E-state index in [0.717, 1.165) is 24.6 Å². The Balaban J connectivity index is 1.80. The van der Waals surface area contributed by atoms with Gasteiger partial charge >= 0.3 is 0 Å². The number of hydrogen-bond acceptors (Lipinski definition) is 2. The number of halogens is 1. The summed E-state index contributed by atoms with van der Waals surface area (Å²) in [4.78, 5) is 2.49. The van der Waals surface area contributed by atoms with E-state index in [9.17, 15) is 4.39 Å². The lowest BCUT2D eigenvalue weighted by atomic mass is 9.93. The molecule has 0 spiro atoms. The van der Waals surface area contributed by atoms with E-state index in [0.29, 0.717) is 0 Å². The molecule has 1 heterocycles. The Kier molecular flexibility index (Phi) is 5.34. The average Bonchev–Trinajstić information content (AvgIpc) is 2.42. The van der Waals surface area contributed by atoms with Gasteiger partial charge in [0.15, 0.2) is 0 Å². The maximum atomic E-state index is 13.2. The molecule has 1 saturated heterocycles. The molecule has 2 rings (SSSR count). The summed E-state index contributed by atoms with van der Waals surface area (Å²) >= 11 is 0. The highest BCUT2D eigenvalue weighted by atomic mass is 19.1. The molecular formula is C16H25FN2. The van der Waals surface area contributed by atoms with Crippen LogP contribution in [0.2, 0.25) is 0 Å². The summed E-state index contributed by atoms with van der Waals surface area (Å²) in [6, 6.07) is 5.47. The van der Waals surface area contributed by atoms with Gasteiger partial charge in [-0.05, 0) is 76.0 Å². The van der Waals surface area contributed by atoms with Gasteiger partial charge in [-0.3, -0.25) is 4.90 Å². The van der Waals surface area contributed by atoms with Crippen molar-refractivity contribution in [1.29, 1.82) is 0 Å². The lowest BCUT2D eigenvalue weighted by Gasteiger charge is -2.32. The molecule has 1 aliphatic heterocycles. The molecule has 0 radical (unpaired) electrons. The molecule has 1 aromatic carbocycles. The Morgan fingerprint density at radius 3 is 2.68 bits per heavy atom. The first-order valence-electron chi connectivity index (χ1n) is 7.31. The Labute approximate surface area is 116 Å². The third-order valence-corrected chi connectivity index (χ3v) is 4.14. The van der Waals surface area contributed by atoms with E-state index in [1.165, 1.54) is 37.9 Å². The van der Waals surface area contributed by atoms with Crippen molar-refractivity contribution in [3.63, 3.8) is 0 Å². The van der Waals surface area contributed by atoms with Gasteiger partial charge < -0.3 is 5.32 Å². The summed E-state index contributed by atoms with van der Waals surface area (Å²) in [7, 11) is 2.02. The van der Waals surface area contributed by atoms with Crippen LogP contribution in [0.4, 0.5) is 4.39 Å². The van der Waals surface area contributed by atoms with Crippen LogP contribution < -0.4 is 5.32 Å². The summed E-state index contributed by atoms with van der Waals surface area (Å²) in [5.74, 6) is 0.771. The molecule has 1 fully saturated rings. The van der Waals surface area contributed by atoms with Gasteiger partial charge in [0.2, 0.25) is 0 Å². The molecule has 0 atom stereocenters. The molecule has 1 aromatic rings. The summed E-state index contributed by atoms with van der Waals surface area (Å²) in [5, 5.41) is 3.23. The van der Waals surface area contributed by atoms with Crippen LogP contribution in [0.5, 0.6) is 0 Å². The Bertz CT molecular complexity index is 398. The van der Waals surface area contributed by atoms with E-state index in [2.05, 4.69) is 10.2 Å². The van der Waals surface area contributed by atoms with Crippen LogP contribution in [0, 0.1) is 18.7 Å². The lowest BCUT2D eigenvalue weighted by Crippen LogP contribution is -2.34. The highest BCUT2D eigenvalue weighted by Gasteiger charge is 2.18. The van der Waals surface area contributed by atoms with Crippen LogP contribution in [-0.4, -0.2) is 31.6 Å². The number of nitrogens with one attached hydrogen (secondary N) is 1. The molecular weight excluding hydrogens is 239 g/mol. The number of aryl methyl sites for hydroxylation is 1. The third kappa shape index (κ3) is 4.29. The van der Waals surface area contributed by atoms with Crippen molar-refractivity contribution in [2.75, 3.05) is 26.7 Å². The number of likely N-dealkylation sites (tertiary alicyclic amines) is 1.